The fraction of sp³-hybridized carbons (Fsp3) is 0.473. The minimum absolute atomic E-state index is 0.137. The third-order valence-corrected chi connectivity index (χ3v) is 12.0. The molecule has 3 aromatic carbocycles. The summed E-state index contributed by atoms with van der Waals surface area (Å²) in [5.41, 5.74) is 0.924. The van der Waals surface area contributed by atoms with E-state index in [0.29, 0.717) is 11.1 Å². The summed E-state index contributed by atoms with van der Waals surface area (Å²) in [5, 5.41) is 48.5. The number of esters is 7. The Kier molecular flexibility index (Phi) is 26.7. The molecule has 458 valence electrons. The van der Waals surface area contributed by atoms with Crippen LogP contribution >= 0.6 is 0 Å². The first-order valence-corrected chi connectivity index (χ1v) is 25.8. The lowest BCUT2D eigenvalue weighted by Crippen LogP contribution is -2.67. The number of aliphatic hydroxyl groups is 4. The first-order chi connectivity index (χ1) is 39.7. The second-order valence-corrected chi connectivity index (χ2v) is 18.7. The molecule has 15 unspecified atom stereocenters. The smallest absolute Gasteiger partial charge is 0.305 e. The fourth-order valence-electron chi connectivity index (χ4n) is 8.44. The minimum atomic E-state index is -1.52. The van der Waals surface area contributed by atoms with Crippen LogP contribution < -0.4 is 21.3 Å². The van der Waals surface area contributed by atoms with Gasteiger partial charge < -0.3 is 89.1 Å². The molecule has 6 rings (SSSR count). The summed E-state index contributed by atoms with van der Waals surface area (Å²) in [6.07, 6.45) is -15.5. The van der Waals surface area contributed by atoms with E-state index in [2.05, 4.69) is 21.3 Å². The Balaban J connectivity index is 0.000000278. The average Bonchev–Trinajstić information content (AvgIpc) is 3.56. The summed E-state index contributed by atoms with van der Waals surface area (Å²) in [6, 6.07) is 20.9. The van der Waals surface area contributed by atoms with Crippen molar-refractivity contribution in [2.24, 2.45) is 0 Å². The molecule has 0 saturated carbocycles. The van der Waals surface area contributed by atoms with Crippen molar-refractivity contribution in [3.63, 3.8) is 0 Å². The molecule has 3 aromatic rings. The maximum atomic E-state index is 12.8. The van der Waals surface area contributed by atoms with E-state index in [1.165, 1.54) is 13.8 Å². The molecule has 84 heavy (non-hydrogen) atoms. The molecule has 29 heteroatoms. The predicted molar refractivity (Wildman–Crippen MR) is 281 cm³/mol. The Morgan fingerprint density at radius 2 is 0.762 bits per heavy atom. The van der Waals surface area contributed by atoms with Crippen LogP contribution in [0.2, 0.25) is 0 Å². The number of benzene rings is 3. The number of hydrogen-bond acceptors (Lipinski definition) is 25. The Morgan fingerprint density at radius 3 is 1.11 bits per heavy atom. The van der Waals surface area contributed by atoms with Gasteiger partial charge in [-0.2, -0.15) is 0 Å². The number of carbonyl (C=O) groups is 11. The molecule has 15 atom stereocenters. The van der Waals surface area contributed by atoms with Crippen molar-refractivity contribution in [2.75, 3.05) is 19.8 Å². The summed E-state index contributed by atoms with van der Waals surface area (Å²) in [4.78, 5) is 131. The summed E-state index contributed by atoms with van der Waals surface area (Å²) in [5.74, 6) is -7.05. The predicted octanol–water partition coefficient (Wildman–Crippen LogP) is -1.21. The molecule has 3 fully saturated rings. The molecule has 0 aromatic heterocycles. The van der Waals surface area contributed by atoms with E-state index in [-0.39, 0.29) is 24.6 Å². The Bertz CT molecular complexity index is 2600. The van der Waals surface area contributed by atoms with E-state index in [1.807, 2.05) is 0 Å². The Labute approximate surface area is 480 Å². The van der Waals surface area contributed by atoms with Crippen LogP contribution in [0.4, 0.5) is 0 Å². The van der Waals surface area contributed by atoms with Crippen LogP contribution in [-0.4, -0.2) is 198 Å². The SMILES string of the molecule is CC(=O)NCC1OC(OC(C)=O)C(NC(=O)c2ccccc2)C(OC(C)=O)C1OC(C)=O.CC(=O)OCC1OC(OC(C)=O)C(NC(=O)c2ccccc2)C(OC(C)=O)C1OC(C)=O.O=C(NC1C(O)OC(CO)C(O)C1O)c1ccccc1. The summed E-state index contributed by atoms with van der Waals surface area (Å²) >= 11 is 0. The van der Waals surface area contributed by atoms with Gasteiger partial charge in [0.25, 0.3) is 17.7 Å². The molecule has 3 saturated heterocycles. The number of nitrogens with one attached hydrogen (secondary N) is 4. The van der Waals surface area contributed by atoms with E-state index in [1.54, 1.807) is 91.0 Å². The second-order valence-electron chi connectivity index (χ2n) is 18.7. The van der Waals surface area contributed by atoms with Crippen molar-refractivity contribution in [2.45, 2.75) is 147 Å². The van der Waals surface area contributed by atoms with Gasteiger partial charge in [0.15, 0.2) is 30.7 Å². The highest BCUT2D eigenvalue weighted by atomic mass is 16.7. The fourth-order valence-corrected chi connectivity index (χ4v) is 8.44. The average molecular weight is 1190 g/mol. The Morgan fingerprint density at radius 1 is 0.417 bits per heavy atom. The standard InChI is InChI=1S/C21H26N2O9.C21H25NO10.C13H17NO6/c1-11(24)22-10-16-18(29-12(2)25)19(30-13(3)26)17(21(32-16)31-14(4)27)23-20(28)15-8-6-5-7-9-15;1-11(23)28-10-16-18(29-12(2)24)19(30-13(3)25)17(21(32-16)31-14(4)26)22-20(27)15-8-6-5-7-9-15;15-6-8-10(16)11(17)9(13(19)20-8)14-12(18)7-4-2-1-3-5-7/h5-9,16-19,21H,10H2,1-4H3,(H,22,24)(H,23,28);5-9,16-19,21H,10H2,1-4H3,(H,22,27);1-5,8-11,13,15-17,19H,6H2,(H,14,18). The molecular formula is C55H68N4O25. The maximum Gasteiger partial charge on any atom is 0.305 e. The zero-order valence-corrected chi connectivity index (χ0v) is 46.8. The molecule has 0 aliphatic carbocycles. The van der Waals surface area contributed by atoms with Crippen LogP contribution in [0.3, 0.4) is 0 Å². The number of amides is 4. The van der Waals surface area contributed by atoms with Crippen LogP contribution in [-0.2, 0) is 85.7 Å². The lowest BCUT2D eigenvalue weighted by molar-refractivity contribution is -0.270. The molecular weight excluding hydrogens is 1120 g/mol. The molecule has 0 radical (unpaired) electrons. The van der Waals surface area contributed by atoms with Crippen molar-refractivity contribution in [3.8, 4) is 0 Å². The first kappa shape index (κ1) is 68.1. The molecule has 3 heterocycles. The summed E-state index contributed by atoms with van der Waals surface area (Å²) in [6.45, 7) is 8.18. The summed E-state index contributed by atoms with van der Waals surface area (Å²) in [7, 11) is 0. The minimum Gasteiger partial charge on any atom is -0.463 e. The quantitative estimate of drug-likeness (QED) is 0.0580. The van der Waals surface area contributed by atoms with Gasteiger partial charge in [-0.1, -0.05) is 54.6 Å². The number of carbonyl (C=O) groups excluding carboxylic acids is 11. The Hall–Kier alpha value is -8.45. The van der Waals surface area contributed by atoms with Gasteiger partial charge in [0.05, 0.1) is 6.61 Å². The summed E-state index contributed by atoms with van der Waals surface area (Å²) < 4.78 is 53.2. The second kappa shape index (κ2) is 33.0. The van der Waals surface area contributed by atoms with Crippen LogP contribution in [0.1, 0.15) is 86.5 Å². The third kappa shape index (κ3) is 21.1. The van der Waals surface area contributed by atoms with Crippen LogP contribution in [0.25, 0.3) is 0 Å². The molecule has 0 spiro atoms. The maximum absolute atomic E-state index is 12.8. The monoisotopic (exact) mass is 1180 g/mol. The molecule has 8 N–H and O–H groups in total. The largest absolute Gasteiger partial charge is 0.463 e. The number of aliphatic hydroxyl groups excluding tert-OH is 4. The highest BCUT2D eigenvalue weighted by Gasteiger charge is 2.54. The van der Waals surface area contributed by atoms with E-state index in [4.69, 9.17) is 52.5 Å². The molecule has 3 aliphatic rings. The van der Waals surface area contributed by atoms with Crippen LogP contribution in [0.15, 0.2) is 91.0 Å². The van der Waals surface area contributed by atoms with E-state index >= 15 is 0 Å². The normalized spacial score (nSPS) is 26.7. The molecule has 29 nitrogen and oxygen atoms in total. The number of rotatable bonds is 17. The zero-order valence-electron chi connectivity index (χ0n) is 46.8. The van der Waals surface area contributed by atoms with Gasteiger partial charge in [-0.25, -0.2) is 0 Å². The van der Waals surface area contributed by atoms with Gasteiger partial charge in [-0.05, 0) is 36.4 Å². The van der Waals surface area contributed by atoms with Crippen molar-refractivity contribution in [3.05, 3.63) is 108 Å². The van der Waals surface area contributed by atoms with Gasteiger partial charge in [0.2, 0.25) is 18.5 Å². The van der Waals surface area contributed by atoms with Crippen molar-refractivity contribution >= 4 is 65.4 Å². The highest BCUT2D eigenvalue weighted by Crippen LogP contribution is 2.30. The van der Waals surface area contributed by atoms with E-state index < -0.39 is 158 Å². The van der Waals surface area contributed by atoms with Crippen LogP contribution in [0.5, 0.6) is 0 Å². The van der Waals surface area contributed by atoms with Gasteiger partial charge in [0.1, 0.15) is 55.3 Å². The van der Waals surface area contributed by atoms with Crippen molar-refractivity contribution < 1.29 is 121 Å². The van der Waals surface area contributed by atoms with Gasteiger partial charge >= 0.3 is 41.8 Å². The molecule has 0 bridgehead atoms. The van der Waals surface area contributed by atoms with E-state index in [0.717, 1.165) is 41.5 Å². The third-order valence-electron chi connectivity index (χ3n) is 12.0. The van der Waals surface area contributed by atoms with Gasteiger partial charge in [0, 0.05) is 78.6 Å². The first-order valence-electron chi connectivity index (χ1n) is 25.8. The van der Waals surface area contributed by atoms with E-state index in [9.17, 15) is 68.1 Å². The van der Waals surface area contributed by atoms with Gasteiger partial charge in [-0.15, -0.1) is 0 Å². The van der Waals surface area contributed by atoms with Crippen LogP contribution in [0, 0.1) is 0 Å². The van der Waals surface area contributed by atoms with Crippen molar-refractivity contribution in [1.29, 1.82) is 0 Å². The lowest BCUT2D eigenvalue weighted by atomic mass is 9.95. The number of hydrogen-bond donors (Lipinski definition) is 8. The lowest BCUT2D eigenvalue weighted by Gasteiger charge is -2.44. The molecule has 3 aliphatic heterocycles. The zero-order chi connectivity index (χ0) is 62.4. The topological polar surface area (TPSA) is 409 Å². The molecule has 4 amide bonds. The highest BCUT2D eigenvalue weighted by molar-refractivity contribution is 5.95. The van der Waals surface area contributed by atoms with Crippen molar-refractivity contribution in [1.82, 2.24) is 21.3 Å². The van der Waals surface area contributed by atoms with Gasteiger partial charge in [-0.3, -0.25) is 52.7 Å². The number of ether oxygens (including phenoxy) is 10.